The van der Waals surface area contributed by atoms with E-state index in [-0.39, 0.29) is 6.03 Å². The Kier molecular flexibility index (Phi) is 4.57. The molecular formula is C12H13IN4O. The number of rotatable bonds is 4. The third-order valence-corrected chi connectivity index (χ3v) is 3.28. The maximum Gasteiger partial charge on any atom is 0.319 e. The van der Waals surface area contributed by atoms with Crippen molar-refractivity contribution in [2.45, 2.75) is 6.54 Å². The first-order valence-corrected chi connectivity index (χ1v) is 6.59. The second-order valence-electron chi connectivity index (χ2n) is 3.66. The van der Waals surface area contributed by atoms with E-state index in [0.717, 1.165) is 9.26 Å². The molecule has 0 fully saturated rings. The van der Waals surface area contributed by atoms with Crippen molar-refractivity contribution >= 4 is 34.3 Å². The minimum atomic E-state index is -0.195. The van der Waals surface area contributed by atoms with Gasteiger partial charge >= 0.3 is 6.03 Å². The van der Waals surface area contributed by atoms with Crippen molar-refractivity contribution in [2.24, 2.45) is 0 Å². The quantitative estimate of drug-likeness (QED) is 0.826. The van der Waals surface area contributed by atoms with Crippen LogP contribution in [-0.4, -0.2) is 22.1 Å². The molecule has 1 heterocycles. The Morgan fingerprint density at radius 2 is 2.22 bits per heavy atom. The molecule has 2 aromatic rings. The second kappa shape index (κ2) is 6.39. The number of hydrogen-bond acceptors (Lipinski definition) is 2. The van der Waals surface area contributed by atoms with E-state index < -0.39 is 0 Å². The van der Waals surface area contributed by atoms with Crippen LogP contribution in [-0.2, 0) is 6.54 Å². The number of benzene rings is 1. The van der Waals surface area contributed by atoms with Gasteiger partial charge in [0.2, 0.25) is 0 Å². The van der Waals surface area contributed by atoms with Crippen LogP contribution in [0.3, 0.4) is 0 Å². The van der Waals surface area contributed by atoms with Crippen LogP contribution in [0.5, 0.6) is 0 Å². The number of halogens is 1. The first-order valence-electron chi connectivity index (χ1n) is 5.51. The molecule has 94 valence electrons. The molecule has 6 heteroatoms. The van der Waals surface area contributed by atoms with Crippen LogP contribution >= 0.6 is 22.6 Å². The number of aromatic nitrogens is 2. The number of carbonyl (C=O) groups is 1. The first-order chi connectivity index (χ1) is 8.75. The average Bonchev–Trinajstić information content (AvgIpc) is 2.85. The topological polar surface area (TPSA) is 59.0 Å². The minimum absolute atomic E-state index is 0.195. The molecule has 0 radical (unpaired) electrons. The Morgan fingerprint density at radius 1 is 1.39 bits per heavy atom. The zero-order valence-electron chi connectivity index (χ0n) is 9.64. The zero-order valence-corrected chi connectivity index (χ0v) is 11.8. The van der Waals surface area contributed by atoms with Crippen LogP contribution in [0.4, 0.5) is 10.5 Å². The molecule has 18 heavy (non-hydrogen) atoms. The van der Waals surface area contributed by atoms with Crippen LogP contribution in [0, 0.1) is 3.57 Å². The molecular weight excluding hydrogens is 343 g/mol. The molecule has 1 aromatic heterocycles. The lowest BCUT2D eigenvalue weighted by Crippen LogP contribution is -2.31. The van der Waals surface area contributed by atoms with E-state index >= 15 is 0 Å². The number of carbonyl (C=O) groups excluding carboxylic acids is 1. The Balaban J connectivity index is 1.77. The number of para-hydroxylation sites is 1. The molecule has 0 bridgehead atoms. The highest BCUT2D eigenvalue weighted by molar-refractivity contribution is 14.1. The van der Waals surface area contributed by atoms with Crippen molar-refractivity contribution < 1.29 is 4.79 Å². The van der Waals surface area contributed by atoms with Gasteiger partial charge in [-0.15, -0.1) is 0 Å². The molecule has 0 aliphatic rings. The zero-order chi connectivity index (χ0) is 12.8. The highest BCUT2D eigenvalue weighted by Gasteiger charge is 2.03. The van der Waals surface area contributed by atoms with Crippen LogP contribution in [0.2, 0.25) is 0 Å². The highest BCUT2D eigenvalue weighted by atomic mass is 127. The monoisotopic (exact) mass is 356 g/mol. The summed E-state index contributed by atoms with van der Waals surface area (Å²) in [4.78, 5) is 15.6. The summed E-state index contributed by atoms with van der Waals surface area (Å²) >= 11 is 2.19. The maximum absolute atomic E-state index is 11.6. The fourth-order valence-electron chi connectivity index (χ4n) is 1.45. The summed E-state index contributed by atoms with van der Waals surface area (Å²) in [6.07, 6.45) is 5.30. The van der Waals surface area contributed by atoms with Gasteiger partial charge in [0, 0.05) is 29.1 Å². The molecule has 0 aliphatic heterocycles. The van der Waals surface area contributed by atoms with Crippen LogP contribution in [0.25, 0.3) is 0 Å². The number of anilines is 1. The van der Waals surface area contributed by atoms with E-state index in [1.165, 1.54) is 0 Å². The van der Waals surface area contributed by atoms with E-state index in [4.69, 9.17) is 0 Å². The predicted molar refractivity (Wildman–Crippen MR) is 78.4 cm³/mol. The highest BCUT2D eigenvalue weighted by Crippen LogP contribution is 2.16. The summed E-state index contributed by atoms with van der Waals surface area (Å²) in [7, 11) is 0. The third-order valence-electron chi connectivity index (χ3n) is 2.34. The molecule has 1 aromatic carbocycles. The lowest BCUT2D eigenvalue weighted by atomic mass is 10.3. The number of imidazole rings is 1. The number of nitrogens with zero attached hydrogens (tertiary/aromatic N) is 2. The van der Waals surface area contributed by atoms with E-state index in [9.17, 15) is 4.79 Å². The predicted octanol–water partition coefficient (Wildman–Crippen LogP) is 2.31. The molecule has 0 saturated carbocycles. The van der Waals surface area contributed by atoms with Crippen LogP contribution < -0.4 is 10.6 Å². The van der Waals surface area contributed by atoms with Gasteiger partial charge in [0.1, 0.15) is 0 Å². The molecule has 0 saturated heterocycles. The van der Waals surface area contributed by atoms with Crippen molar-refractivity contribution in [3.05, 3.63) is 46.6 Å². The Hall–Kier alpha value is -1.57. The van der Waals surface area contributed by atoms with Crippen molar-refractivity contribution in [3.63, 3.8) is 0 Å². The number of amides is 2. The maximum atomic E-state index is 11.6. The van der Waals surface area contributed by atoms with Crippen molar-refractivity contribution in [1.29, 1.82) is 0 Å². The molecule has 5 nitrogen and oxygen atoms in total. The Bertz CT molecular complexity index is 513. The van der Waals surface area contributed by atoms with Crippen molar-refractivity contribution in [2.75, 3.05) is 11.9 Å². The number of urea groups is 1. The molecule has 2 amide bonds. The summed E-state index contributed by atoms with van der Waals surface area (Å²) in [5, 5.41) is 5.60. The van der Waals surface area contributed by atoms with Crippen molar-refractivity contribution in [1.82, 2.24) is 14.9 Å². The third kappa shape index (κ3) is 3.73. The first kappa shape index (κ1) is 12.9. The number of nitrogens with one attached hydrogen (secondary N) is 2. The second-order valence-corrected chi connectivity index (χ2v) is 4.82. The van der Waals surface area contributed by atoms with Gasteiger partial charge in [-0.05, 0) is 34.7 Å². The lowest BCUT2D eigenvalue weighted by molar-refractivity contribution is 0.251. The number of hydrogen-bond donors (Lipinski definition) is 2. The molecule has 0 atom stereocenters. The molecule has 2 N–H and O–H groups in total. The minimum Gasteiger partial charge on any atom is -0.336 e. The van der Waals surface area contributed by atoms with Gasteiger partial charge in [-0.25, -0.2) is 9.78 Å². The normalized spacial score (nSPS) is 10.1. The summed E-state index contributed by atoms with van der Waals surface area (Å²) in [5.74, 6) is 0. The SMILES string of the molecule is O=C(NCCn1ccnc1)Nc1ccccc1I. The molecule has 0 unspecified atom stereocenters. The fourth-order valence-corrected chi connectivity index (χ4v) is 1.97. The lowest BCUT2D eigenvalue weighted by Gasteiger charge is -2.09. The smallest absolute Gasteiger partial charge is 0.319 e. The van der Waals surface area contributed by atoms with E-state index in [1.54, 1.807) is 12.5 Å². The molecule has 0 aliphatic carbocycles. The van der Waals surface area contributed by atoms with E-state index in [1.807, 2.05) is 35.0 Å². The Labute approximate surface area is 119 Å². The summed E-state index contributed by atoms with van der Waals surface area (Å²) in [6, 6.07) is 7.45. The summed E-state index contributed by atoms with van der Waals surface area (Å²) < 4.78 is 2.92. The van der Waals surface area contributed by atoms with Gasteiger partial charge in [-0.2, -0.15) is 0 Å². The van der Waals surface area contributed by atoms with Gasteiger partial charge in [-0.1, -0.05) is 12.1 Å². The van der Waals surface area contributed by atoms with E-state index in [0.29, 0.717) is 13.1 Å². The van der Waals surface area contributed by atoms with Gasteiger partial charge in [0.05, 0.1) is 12.0 Å². The van der Waals surface area contributed by atoms with E-state index in [2.05, 4.69) is 38.2 Å². The fraction of sp³-hybridized carbons (Fsp3) is 0.167. The van der Waals surface area contributed by atoms with Gasteiger partial charge < -0.3 is 15.2 Å². The summed E-state index contributed by atoms with van der Waals surface area (Å²) in [5.41, 5.74) is 0.818. The summed E-state index contributed by atoms with van der Waals surface area (Å²) in [6.45, 7) is 1.27. The average molecular weight is 356 g/mol. The largest absolute Gasteiger partial charge is 0.336 e. The Morgan fingerprint density at radius 3 is 2.94 bits per heavy atom. The van der Waals surface area contributed by atoms with Crippen LogP contribution in [0.1, 0.15) is 0 Å². The van der Waals surface area contributed by atoms with Gasteiger partial charge in [0.25, 0.3) is 0 Å². The van der Waals surface area contributed by atoms with Gasteiger partial charge in [0.15, 0.2) is 0 Å². The van der Waals surface area contributed by atoms with Gasteiger partial charge in [-0.3, -0.25) is 0 Å². The standard InChI is InChI=1S/C12H13IN4O/c13-10-3-1-2-4-11(10)16-12(18)15-6-8-17-7-5-14-9-17/h1-5,7,9H,6,8H2,(H2,15,16,18). The molecule has 0 spiro atoms. The molecule has 2 rings (SSSR count). The van der Waals surface area contributed by atoms with Crippen molar-refractivity contribution in [3.8, 4) is 0 Å². The van der Waals surface area contributed by atoms with Crippen LogP contribution in [0.15, 0.2) is 43.0 Å².